The maximum atomic E-state index is 7.26. The van der Waals surface area contributed by atoms with E-state index in [2.05, 4.69) is 60.7 Å². The predicted octanol–water partition coefficient (Wildman–Crippen LogP) is 6.30. The van der Waals surface area contributed by atoms with Crippen LogP contribution in [-0.4, -0.2) is 9.46 Å². The van der Waals surface area contributed by atoms with Crippen molar-refractivity contribution < 1.29 is 0 Å². The molecule has 0 nitrogen and oxygen atoms in total. The van der Waals surface area contributed by atoms with E-state index in [1.54, 1.807) is 0 Å². The Labute approximate surface area is 146 Å². The third kappa shape index (κ3) is 2.70. The van der Waals surface area contributed by atoms with E-state index < -0.39 is 0 Å². The number of hydrogen-bond donors (Lipinski definition) is 0. The molecule has 2 saturated carbocycles. The van der Waals surface area contributed by atoms with Crippen molar-refractivity contribution in [2.75, 3.05) is 0 Å². The minimum absolute atomic E-state index is 0.162. The molecule has 0 aromatic heterocycles. The fourth-order valence-corrected chi connectivity index (χ4v) is 7.65. The summed E-state index contributed by atoms with van der Waals surface area (Å²) in [6.45, 7) is 0. The van der Waals surface area contributed by atoms with Crippen LogP contribution in [0.3, 0.4) is 0 Å². The number of benzene rings is 2. The SMILES string of the molecule is ClC1(Sc2ccccc2)C(Sc2ccccc2)[C@@H]2CC[C@H]1C2. The lowest BCUT2D eigenvalue weighted by Gasteiger charge is -2.38. The number of hydrogen-bond acceptors (Lipinski definition) is 2. The molecule has 2 unspecified atom stereocenters. The average Bonchev–Trinajstić information content (AvgIpc) is 3.12. The maximum Gasteiger partial charge on any atom is 0.109 e. The lowest BCUT2D eigenvalue weighted by molar-refractivity contribution is 0.472. The summed E-state index contributed by atoms with van der Waals surface area (Å²) in [5.74, 6) is 1.41. The van der Waals surface area contributed by atoms with Crippen molar-refractivity contribution in [2.45, 2.75) is 38.5 Å². The highest BCUT2D eigenvalue weighted by atomic mass is 35.5. The van der Waals surface area contributed by atoms with Gasteiger partial charge < -0.3 is 0 Å². The molecule has 0 spiro atoms. The molecule has 0 aliphatic heterocycles. The van der Waals surface area contributed by atoms with Crippen LogP contribution in [0.15, 0.2) is 70.5 Å². The first-order chi connectivity index (χ1) is 10.8. The van der Waals surface area contributed by atoms with E-state index in [-0.39, 0.29) is 4.21 Å². The first-order valence-corrected chi connectivity index (χ1v) is 9.98. The summed E-state index contributed by atoms with van der Waals surface area (Å²) in [7, 11) is 0. The van der Waals surface area contributed by atoms with Gasteiger partial charge in [-0.25, -0.2) is 0 Å². The van der Waals surface area contributed by atoms with Gasteiger partial charge in [-0.2, -0.15) is 0 Å². The molecule has 22 heavy (non-hydrogen) atoms. The Morgan fingerprint density at radius 3 is 2.18 bits per heavy atom. The molecule has 0 amide bonds. The third-order valence-electron chi connectivity index (χ3n) is 4.87. The summed E-state index contributed by atoms with van der Waals surface area (Å²) >= 11 is 11.1. The lowest BCUT2D eigenvalue weighted by Crippen LogP contribution is -2.37. The van der Waals surface area contributed by atoms with E-state index in [9.17, 15) is 0 Å². The van der Waals surface area contributed by atoms with Crippen LogP contribution in [0.4, 0.5) is 0 Å². The highest BCUT2D eigenvalue weighted by Gasteiger charge is 2.58. The van der Waals surface area contributed by atoms with Crippen LogP contribution < -0.4 is 0 Å². The Balaban J connectivity index is 1.61. The van der Waals surface area contributed by atoms with Gasteiger partial charge in [-0.1, -0.05) is 36.4 Å². The number of halogens is 1. The summed E-state index contributed by atoms with van der Waals surface area (Å²) in [4.78, 5) is 2.64. The zero-order valence-electron chi connectivity index (χ0n) is 12.3. The molecule has 0 N–H and O–H groups in total. The fourth-order valence-electron chi connectivity index (χ4n) is 3.84. The Kier molecular flexibility index (Phi) is 4.19. The van der Waals surface area contributed by atoms with Crippen LogP contribution >= 0.6 is 35.1 Å². The standard InChI is InChI=1S/C19H19ClS2/c20-19(22-17-9-5-2-6-10-17)15-12-11-14(13-15)18(19)21-16-7-3-1-4-8-16/h1-10,14-15,18H,11-13H2/t14-,15+,18?,19?/m1/s1. The monoisotopic (exact) mass is 346 g/mol. The van der Waals surface area contributed by atoms with Crippen molar-refractivity contribution in [3.63, 3.8) is 0 Å². The van der Waals surface area contributed by atoms with Gasteiger partial charge in [0.2, 0.25) is 0 Å². The summed E-state index contributed by atoms with van der Waals surface area (Å²) in [5, 5.41) is 0.500. The molecule has 4 rings (SSSR count). The fraction of sp³-hybridized carbons (Fsp3) is 0.368. The molecular formula is C19H19ClS2. The maximum absolute atomic E-state index is 7.26. The highest BCUT2D eigenvalue weighted by molar-refractivity contribution is 8.05. The largest absolute Gasteiger partial charge is 0.120 e. The minimum Gasteiger partial charge on any atom is -0.120 e. The Morgan fingerprint density at radius 2 is 1.50 bits per heavy atom. The summed E-state index contributed by atoms with van der Waals surface area (Å²) < 4.78 is -0.162. The van der Waals surface area contributed by atoms with Gasteiger partial charge in [0.15, 0.2) is 0 Å². The van der Waals surface area contributed by atoms with Crippen molar-refractivity contribution >= 4 is 35.1 Å². The van der Waals surface area contributed by atoms with E-state index in [0.29, 0.717) is 11.2 Å². The van der Waals surface area contributed by atoms with Crippen LogP contribution in [0.2, 0.25) is 0 Å². The molecule has 2 aliphatic rings. The van der Waals surface area contributed by atoms with Gasteiger partial charge in [-0.15, -0.1) is 35.1 Å². The van der Waals surface area contributed by atoms with E-state index in [4.69, 9.17) is 11.6 Å². The molecular weight excluding hydrogens is 328 g/mol. The molecule has 0 radical (unpaired) electrons. The molecule has 4 atom stereocenters. The number of rotatable bonds is 4. The van der Waals surface area contributed by atoms with Gasteiger partial charge in [0.25, 0.3) is 0 Å². The quantitative estimate of drug-likeness (QED) is 0.595. The number of fused-ring (bicyclic) bond motifs is 2. The van der Waals surface area contributed by atoms with E-state index in [1.807, 2.05) is 23.5 Å². The van der Waals surface area contributed by atoms with Crippen LogP contribution in [-0.2, 0) is 0 Å². The van der Waals surface area contributed by atoms with Gasteiger partial charge in [0.1, 0.15) is 4.21 Å². The lowest BCUT2D eigenvalue weighted by atomic mass is 9.99. The summed E-state index contributed by atoms with van der Waals surface area (Å²) in [6.07, 6.45) is 3.94. The molecule has 2 aliphatic carbocycles. The second kappa shape index (κ2) is 6.14. The molecule has 3 heteroatoms. The molecule has 0 saturated heterocycles. The zero-order valence-corrected chi connectivity index (χ0v) is 14.7. The van der Waals surface area contributed by atoms with Crippen LogP contribution in [0.25, 0.3) is 0 Å². The van der Waals surface area contributed by atoms with Gasteiger partial charge in [-0.3, -0.25) is 0 Å². The molecule has 2 aromatic carbocycles. The van der Waals surface area contributed by atoms with Gasteiger partial charge in [0.05, 0.1) is 0 Å². The highest BCUT2D eigenvalue weighted by Crippen LogP contribution is 2.65. The summed E-state index contributed by atoms with van der Waals surface area (Å²) in [5.41, 5.74) is 0. The van der Waals surface area contributed by atoms with Crippen molar-refractivity contribution in [1.82, 2.24) is 0 Å². The van der Waals surface area contributed by atoms with Crippen molar-refractivity contribution in [2.24, 2.45) is 11.8 Å². The Bertz CT molecular complexity index is 630. The van der Waals surface area contributed by atoms with Crippen molar-refractivity contribution in [1.29, 1.82) is 0 Å². The van der Waals surface area contributed by atoms with Gasteiger partial charge in [0, 0.05) is 15.0 Å². The smallest absolute Gasteiger partial charge is 0.109 e. The van der Waals surface area contributed by atoms with Gasteiger partial charge in [-0.05, 0) is 55.4 Å². The normalized spacial score (nSPS) is 33.2. The van der Waals surface area contributed by atoms with E-state index in [0.717, 1.165) is 5.92 Å². The van der Waals surface area contributed by atoms with Gasteiger partial charge >= 0.3 is 0 Å². The molecule has 2 bridgehead atoms. The van der Waals surface area contributed by atoms with E-state index >= 15 is 0 Å². The van der Waals surface area contributed by atoms with Crippen molar-refractivity contribution in [3.8, 4) is 0 Å². The van der Waals surface area contributed by atoms with E-state index in [1.165, 1.54) is 29.1 Å². The topological polar surface area (TPSA) is 0 Å². The summed E-state index contributed by atoms with van der Waals surface area (Å²) in [6, 6.07) is 21.4. The Morgan fingerprint density at radius 1 is 0.864 bits per heavy atom. The molecule has 2 aromatic rings. The molecule has 114 valence electrons. The number of thioether (sulfide) groups is 2. The second-order valence-corrected chi connectivity index (χ2v) is 9.65. The first kappa shape index (κ1) is 15.0. The van der Waals surface area contributed by atoms with Crippen LogP contribution in [0, 0.1) is 11.8 Å². The van der Waals surface area contributed by atoms with Crippen LogP contribution in [0.5, 0.6) is 0 Å². The minimum atomic E-state index is -0.162. The predicted molar refractivity (Wildman–Crippen MR) is 97.8 cm³/mol. The number of alkyl halides is 1. The zero-order chi connectivity index (χ0) is 15.0. The third-order valence-corrected chi connectivity index (χ3v) is 8.89. The Hall–Kier alpha value is -0.570. The van der Waals surface area contributed by atoms with Crippen molar-refractivity contribution in [3.05, 3.63) is 60.7 Å². The average molecular weight is 347 g/mol. The first-order valence-electron chi connectivity index (χ1n) is 7.90. The molecule has 0 heterocycles. The van der Waals surface area contributed by atoms with Crippen LogP contribution in [0.1, 0.15) is 19.3 Å². The molecule has 2 fully saturated rings. The second-order valence-electron chi connectivity index (χ2n) is 6.23.